The first kappa shape index (κ1) is 38.7. The molecule has 7 aromatic carbocycles. The van der Waals surface area contributed by atoms with Gasteiger partial charge in [-0.2, -0.15) is 0 Å². The minimum Gasteiger partial charge on any atom is -0.456 e. The lowest BCUT2D eigenvalue weighted by atomic mass is 9.33. The summed E-state index contributed by atoms with van der Waals surface area (Å²) in [5.74, 6) is 0. The van der Waals surface area contributed by atoms with E-state index < -0.39 is 0 Å². The van der Waals surface area contributed by atoms with E-state index in [-0.39, 0.29) is 28.4 Å². The Balaban J connectivity index is 1.22. The van der Waals surface area contributed by atoms with Gasteiger partial charge in [0.1, 0.15) is 11.2 Å². The fourth-order valence-electron chi connectivity index (χ4n) is 12.2. The Hall–Kier alpha value is -6.00. The first-order valence-corrected chi connectivity index (χ1v) is 23.3. The number of para-hydroxylation sites is 2. The molecule has 8 aromatic rings. The van der Waals surface area contributed by atoms with Gasteiger partial charge in [-0.1, -0.05) is 134 Å². The summed E-state index contributed by atoms with van der Waals surface area (Å²) in [5.41, 5.74) is 23.2. The number of nitrogens with zero attached hydrogens (tertiary/aromatic N) is 2. The summed E-state index contributed by atoms with van der Waals surface area (Å²) < 4.78 is 6.79. The van der Waals surface area contributed by atoms with Gasteiger partial charge in [-0.15, -0.1) is 0 Å². The number of rotatable bonds is 3. The molecule has 4 heteroatoms. The van der Waals surface area contributed by atoms with Crippen LogP contribution in [0, 0.1) is 6.92 Å². The molecule has 0 amide bonds. The highest BCUT2D eigenvalue weighted by molar-refractivity contribution is 7.00. The molecule has 0 saturated heterocycles. The van der Waals surface area contributed by atoms with Gasteiger partial charge in [0.05, 0.1) is 5.69 Å². The van der Waals surface area contributed by atoms with Crippen molar-refractivity contribution in [3.05, 3.63) is 161 Å². The summed E-state index contributed by atoms with van der Waals surface area (Å²) in [7, 11) is 0. The van der Waals surface area contributed by atoms with Crippen LogP contribution in [0.5, 0.6) is 0 Å². The van der Waals surface area contributed by atoms with Crippen molar-refractivity contribution < 1.29 is 4.42 Å². The fourth-order valence-corrected chi connectivity index (χ4v) is 12.2. The smallest absolute Gasteiger partial charge is 0.252 e. The van der Waals surface area contributed by atoms with Crippen molar-refractivity contribution in [2.24, 2.45) is 0 Å². The van der Waals surface area contributed by atoms with Crippen molar-refractivity contribution in [3.63, 3.8) is 0 Å². The molecule has 0 radical (unpaired) electrons. The first-order chi connectivity index (χ1) is 30.1. The Labute approximate surface area is 373 Å². The Morgan fingerprint density at radius 2 is 1.02 bits per heavy atom. The number of furan rings is 1. The molecule has 0 fully saturated rings. The minimum absolute atomic E-state index is 0.0197. The van der Waals surface area contributed by atoms with Crippen molar-refractivity contribution in [2.75, 3.05) is 9.80 Å². The van der Waals surface area contributed by atoms with E-state index in [1.807, 2.05) is 0 Å². The summed E-state index contributed by atoms with van der Waals surface area (Å²) in [5, 5.41) is 2.29. The maximum absolute atomic E-state index is 6.79. The number of hydrogen-bond donors (Lipinski definition) is 0. The van der Waals surface area contributed by atoms with Crippen molar-refractivity contribution in [2.45, 2.75) is 110 Å². The zero-order valence-corrected chi connectivity index (χ0v) is 38.4. The lowest BCUT2D eigenvalue weighted by Crippen LogP contribution is -2.62. The van der Waals surface area contributed by atoms with Gasteiger partial charge in [0.15, 0.2) is 0 Å². The molecule has 3 nitrogen and oxygen atoms in total. The second-order valence-corrected chi connectivity index (χ2v) is 21.9. The summed E-state index contributed by atoms with van der Waals surface area (Å²) in [4.78, 5) is 5.26. The van der Waals surface area contributed by atoms with Gasteiger partial charge >= 0.3 is 0 Å². The zero-order chi connectivity index (χ0) is 43.4. The van der Waals surface area contributed by atoms with Crippen LogP contribution in [0.15, 0.2) is 138 Å². The van der Waals surface area contributed by atoms with Gasteiger partial charge in [0.2, 0.25) is 0 Å². The Morgan fingerprint density at radius 3 is 1.75 bits per heavy atom. The van der Waals surface area contributed by atoms with E-state index in [4.69, 9.17) is 4.42 Å². The maximum atomic E-state index is 6.79. The quantitative estimate of drug-likeness (QED) is 0.166. The SMILES string of the molecule is Cc1cc2c3c(c1)N(c1ccccc1-c1ccccc1)c1cc4c(cc1B3c1cc3c(cc1N2c1ccc2c(c1)C(C)(C)CCC2(C)C)C(C)(C)CCC3(C)C)oc1ccccc14. The number of anilines is 6. The van der Waals surface area contributed by atoms with Gasteiger partial charge in [-0.3, -0.25) is 0 Å². The van der Waals surface area contributed by atoms with Crippen LogP contribution in [0.25, 0.3) is 33.1 Å². The molecule has 0 atom stereocenters. The van der Waals surface area contributed by atoms with E-state index in [0.717, 1.165) is 28.4 Å². The molecule has 4 aliphatic rings. The van der Waals surface area contributed by atoms with Gasteiger partial charge in [-0.05, 0) is 159 Å². The number of hydrogen-bond acceptors (Lipinski definition) is 3. The highest BCUT2D eigenvalue weighted by Gasteiger charge is 2.47. The van der Waals surface area contributed by atoms with E-state index >= 15 is 0 Å². The highest BCUT2D eigenvalue weighted by atomic mass is 16.3. The largest absolute Gasteiger partial charge is 0.456 e. The number of aryl methyl sites for hydroxylation is 1. The summed E-state index contributed by atoms with van der Waals surface area (Å²) in [6.45, 7) is 21.9. The van der Waals surface area contributed by atoms with Gasteiger partial charge in [-0.25, -0.2) is 0 Å². The topological polar surface area (TPSA) is 19.6 Å². The summed E-state index contributed by atoms with van der Waals surface area (Å²) in [6, 6.07) is 51.0. The van der Waals surface area contributed by atoms with Crippen LogP contribution < -0.4 is 26.2 Å². The lowest BCUT2D eigenvalue weighted by Gasteiger charge is -2.48. The molecule has 0 spiro atoms. The minimum atomic E-state index is -0.0197. The predicted octanol–water partition coefficient (Wildman–Crippen LogP) is 14.3. The van der Waals surface area contributed by atoms with E-state index in [2.05, 4.69) is 206 Å². The van der Waals surface area contributed by atoms with Gasteiger partial charge in [0, 0.05) is 44.8 Å². The van der Waals surface area contributed by atoms with Gasteiger partial charge < -0.3 is 14.2 Å². The van der Waals surface area contributed by atoms with Crippen molar-refractivity contribution >= 4 is 79.2 Å². The summed E-state index contributed by atoms with van der Waals surface area (Å²) in [6.07, 6.45) is 4.70. The molecule has 0 bridgehead atoms. The average Bonchev–Trinajstić information content (AvgIpc) is 3.63. The van der Waals surface area contributed by atoms with E-state index in [0.29, 0.717) is 0 Å². The molecule has 2 aliphatic carbocycles. The molecule has 312 valence electrons. The Kier molecular flexibility index (Phi) is 8.00. The van der Waals surface area contributed by atoms with E-state index in [1.165, 1.54) is 109 Å². The fraction of sp³-hybridized carbons (Fsp3) is 0.288. The molecule has 12 rings (SSSR count). The van der Waals surface area contributed by atoms with Crippen molar-refractivity contribution in [1.29, 1.82) is 0 Å². The van der Waals surface area contributed by atoms with Gasteiger partial charge in [0.25, 0.3) is 6.71 Å². The standard InChI is InChI=1S/C59H57BN2O/c1-36-29-51-55-52(30-36)62(48-21-15-13-19-39(48)37-17-11-10-12-18-37)49-32-41-40-20-14-16-22-53(40)63-54(41)35-47(49)60(55)46-33-44-45(59(8,9)28-27-58(44,6)7)34-50(46)61(51)38-23-24-42-43(31-38)57(4,5)26-25-56(42,2)3/h10-24,29-35H,25-28H2,1-9H3. The molecule has 3 heterocycles. The monoisotopic (exact) mass is 820 g/mol. The zero-order valence-electron chi connectivity index (χ0n) is 38.4. The Bertz CT molecular complexity index is 3220. The molecular formula is C59H57BN2O. The highest BCUT2D eigenvalue weighted by Crippen LogP contribution is 2.53. The molecule has 63 heavy (non-hydrogen) atoms. The second kappa shape index (κ2) is 13.0. The third kappa shape index (κ3) is 5.59. The number of benzene rings is 7. The first-order valence-electron chi connectivity index (χ1n) is 23.3. The van der Waals surface area contributed by atoms with E-state index in [1.54, 1.807) is 0 Å². The summed E-state index contributed by atoms with van der Waals surface area (Å²) >= 11 is 0. The van der Waals surface area contributed by atoms with Crippen LogP contribution in [0.4, 0.5) is 34.1 Å². The molecule has 0 N–H and O–H groups in total. The molecule has 2 aliphatic heterocycles. The molecule has 0 saturated carbocycles. The lowest BCUT2D eigenvalue weighted by molar-refractivity contribution is 0.332. The van der Waals surface area contributed by atoms with Crippen LogP contribution in [-0.2, 0) is 21.7 Å². The van der Waals surface area contributed by atoms with Crippen molar-refractivity contribution in [1.82, 2.24) is 0 Å². The van der Waals surface area contributed by atoms with Crippen LogP contribution in [0.1, 0.15) is 109 Å². The molecule has 1 aromatic heterocycles. The van der Waals surface area contributed by atoms with Crippen LogP contribution in [0.3, 0.4) is 0 Å². The average molecular weight is 821 g/mol. The van der Waals surface area contributed by atoms with Crippen LogP contribution in [0.2, 0.25) is 0 Å². The maximum Gasteiger partial charge on any atom is 0.252 e. The number of fused-ring (bicyclic) bond motifs is 9. The molecule has 0 unspecified atom stereocenters. The Morgan fingerprint density at radius 1 is 0.444 bits per heavy atom. The third-order valence-corrected chi connectivity index (χ3v) is 16.0. The normalized spacial score (nSPS) is 18.4. The van der Waals surface area contributed by atoms with Crippen LogP contribution >= 0.6 is 0 Å². The third-order valence-electron chi connectivity index (χ3n) is 16.0. The van der Waals surface area contributed by atoms with E-state index in [9.17, 15) is 0 Å². The second-order valence-electron chi connectivity index (χ2n) is 21.9. The molecular weight excluding hydrogens is 763 g/mol. The van der Waals surface area contributed by atoms with Crippen molar-refractivity contribution in [3.8, 4) is 11.1 Å². The van der Waals surface area contributed by atoms with Crippen LogP contribution in [-0.4, -0.2) is 6.71 Å². The predicted molar refractivity (Wildman–Crippen MR) is 268 cm³/mol.